The first-order chi connectivity index (χ1) is 14.3. The molecule has 0 aromatic heterocycles. The molecule has 9 heteroatoms. The average molecular weight is 424 g/mol. The molecular weight excluding hydrogens is 401 g/mol. The van der Waals surface area contributed by atoms with Crippen LogP contribution in [0.5, 0.6) is 17.2 Å². The maximum absolute atomic E-state index is 13.0. The van der Waals surface area contributed by atoms with Crippen molar-refractivity contribution in [1.29, 1.82) is 0 Å². The summed E-state index contributed by atoms with van der Waals surface area (Å²) < 4.78 is 52.1. The maximum atomic E-state index is 13.0. The van der Waals surface area contributed by atoms with Gasteiger partial charge in [-0.05, 0) is 43.3 Å². The fourth-order valence-corrected chi connectivity index (χ4v) is 3.71. The van der Waals surface area contributed by atoms with Crippen molar-refractivity contribution in [3.05, 3.63) is 53.6 Å². The normalized spacial score (nSPS) is 19.1. The molecule has 0 saturated carbocycles. The third-order valence-corrected chi connectivity index (χ3v) is 5.07. The molecule has 1 aliphatic rings. The Morgan fingerprint density at radius 2 is 1.67 bits per heavy atom. The number of ether oxygens (including phenoxy) is 3. The third-order valence-electron chi connectivity index (χ3n) is 5.07. The van der Waals surface area contributed by atoms with Crippen molar-refractivity contribution in [3.63, 3.8) is 0 Å². The summed E-state index contributed by atoms with van der Waals surface area (Å²) in [6.07, 6.45) is -4.25. The van der Waals surface area contributed by atoms with Crippen LogP contribution in [0.2, 0.25) is 0 Å². The molecule has 1 fully saturated rings. The Hall–Kier alpha value is -2.94. The van der Waals surface area contributed by atoms with Gasteiger partial charge in [0.25, 0.3) is 0 Å². The van der Waals surface area contributed by atoms with Crippen molar-refractivity contribution in [2.45, 2.75) is 31.4 Å². The summed E-state index contributed by atoms with van der Waals surface area (Å²) in [6.45, 7) is 0.217. The highest BCUT2D eigenvalue weighted by Crippen LogP contribution is 2.43. The number of methoxy groups -OCH3 is 2. The second kappa shape index (κ2) is 8.83. The van der Waals surface area contributed by atoms with E-state index in [1.165, 1.54) is 24.3 Å². The molecule has 0 spiro atoms. The second-order valence-electron chi connectivity index (χ2n) is 6.83. The lowest BCUT2D eigenvalue weighted by Crippen LogP contribution is -2.36. The highest BCUT2D eigenvalue weighted by atomic mass is 19.4. The number of nitrogens with zero attached hydrogens (tertiary/aromatic N) is 1. The van der Waals surface area contributed by atoms with Crippen LogP contribution in [0.3, 0.4) is 0 Å². The van der Waals surface area contributed by atoms with Gasteiger partial charge in [0, 0.05) is 6.54 Å². The van der Waals surface area contributed by atoms with E-state index in [0.29, 0.717) is 23.5 Å². The molecule has 1 heterocycles. The second-order valence-corrected chi connectivity index (χ2v) is 6.83. The van der Waals surface area contributed by atoms with Crippen LogP contribution in [0, 0.1) is 0 Å². The monoisotopic (exact) mass is 424 g/mol. The van der Waals surface area contributed by atoms with Crippen LogP contribution in [-0.4, -0.2) is 44.5 Å². The van der Waals surface area contributed by atoms with Gasteiger partial charge in [-0.3, -0.25) is 4.79 Å². The molecule has 0 bridgehead atoms. The van der Waals surface area contributed by atoms with E-state index in [0.717, 1.165) is 5.56 Å². The first-order valence-electron chi connectivity index (χ1n) is 9.30. The van der Waals surface area contributed by atoms with Crippen molar-refractivity contribution in [2.75, 3.05) is 21.3 Å². The van der Waals surface area contributed by atoms with Crippen molar-refractivity contribution in [1.82, 2.24) is 10.2 Å². The van der Waals surface area contributed by atoms with Crippen molar-refractivity contribution >= 4 is 5.91 Å². The minimum absolute atomic E-state index is 0.105. The van der Waals surface area contributed by atoms with Crippen molar-refractivity contribution in [2.24, 2.45) is 0 Å². The zero-order valence-electron chi connectivity index (χ0n) is 16.8. The van der Waals surface area contributed by atoms with E-state index in [1.54, 1.807) is 44.4 Å². The van der Waals surface area contributed by atoms with Gasteiger partial charge >= 0.3 is 6.36 Å². The van der Waals surface area contributed by atoms with E-state index in [2.05, 4.69) is 10.1 Å². The Labute approximate surface area is 172 Å². The Morgan fingerprint density at radius 3 is 2.17 bits per heavy atom. The lowest BCUT2D eigenvalue weighted by Gasteiger charge is -2.27. The van der Waals surface area contributed by atoms with E-state index < -0.39 is 12.4 Å². The minimum atomic E-state index is -4.75. The topological polar surface area (TPSA) is 60.0 Å². The SMILES string of the molecule is CN[C@H]1C[C@@H](c2c(OC)cccc2OC)N(Cc2ccc(OC(F)(F)F)cc2)C1=O. The van der Waals surface area contributed by atoms with Crippen LogP contribution >= 0.6 is 0 Å². The highest BCUT2D eigenvalue weighted by Gasteiger charge is 2.42. The number of amides is 1. The molecule has 2 atom stereocenters. The lowest BCUT2D eigenvalue weighted by molar-refractivity contribution is -0.274. The first kappa shape index (κ1) is 21.8. The van der Waals surface area contributed by atoms with Gasteiger partial charge in [0.1, 0.15) is 17.2 Å². The van der Waals surface area contributed by atoms with Gasteiger partial charge in [-0.1, -0.05) is 18.2 Å². The Bertz CT molecular complexity index is 865. The molecule has 2 aromatic rings. The molecule has 30 heavy (non-hydrogen) atoms. The van der Waals surface area contributed by atoms with Gasteiger partial charge in [-0.2, -0.15) is 0 Å². The molecule has 1 aliphatic heterocycles. The summed E-state index contributed by atoms with van der Waals surface area (Å²) in [7, 11) is 4.81. The number of likely N-dealkylation sites (tertiary alicyclic amines) is 1. The summed E-state index contributed by atoms with van der Waals surface area (Å²) >= 11 is 0. The number of carbonyl (C=O) groups is 1. The molecule has 0 radical (unpaired) electrons. The van der Waals surface area contributed by atoms with Gasteiger partial charge in [0.15, 0.2) is 0 Å². The number of alkyl halides is 3. The van der Waals surface area contributed by atoms with Crippen molar-refractivity contribution < 1.29 is 32.2 Å². The van der Waals surface area contributed by atoms with Gasteiger partial charge in [-0.25, -0.2) is 0 Å². The van der Waals surface area contributed by atoms with E-state index >= 15 is 0 Å². The number of halogens is 3. The number of rotatable bonds is 7. The van der Waals surface area contributed by atoms with Crippen LogP contribution in [0.4, 0.5) is 13.2 Å². The zero-order valence-corrected chi connectivity index (χ0v) is 16.8. The fraction of sp³-hybridized carbons (Fsp3) is 0.381. The molecule has 6 nitrogen and oxygen atoms in total. The quantitative estimate of drug-likeness (QED) is 0.735. The summed E-state index contributed by atoms with van der Waals surface area (Å²) in [4.78, 5) is 14.7. The fourth-order valence-electron chi connectivity index (χ4n) is 3.71. The molecule has 0 unspecified atom stereocenters. The number of nitrogens with one attached hydrogen (secondary N) is 1. The third kappa shape index (κ3) is 4.62. The largest absolute Gasteiger partial charge is 0.573 e. The van der Waals surface area contributed by atoms with E-state index in [-0.39, 0.29) is 24.2 Å². The van der Waals surface area contributed by atoms with Crippen LogP contribution in [0.1, 0.15) is 23.6 Å². The Kier molecular flexibility index (Phi) is 6.40. The minimum Gasteiger partial charge on any atom is -0.496 e. The lowest BCUT2D eigenvalue weighted by atomic mass is 10.00. The number of hydrogen-bond acceptors (Lipinski definition) is 5. The molecule has 1 N–H and O–H groups in total. The van der Waals surface area contributed by atoms with Crippen LogP contribution < -0.4 is 19.5 Å². The predicted octanol–water partition coefficient (Wildman–Crippen LogP) is 3.66. The van der Waals surface area contributed by atoms with E-state index in [1.807, 2.05) is 0 Å². The summed E-state index contributed by atoms with van der Waals surface area (Å²) in [5.41, 5.74) is 1.43. The van der Waals surface area contributed by atoms with Crippen LogP contribution in [0.15, 0.2) is 42.5 Å². The Morgan fingerprint density at radius 1 is 1.07 bits per heavy atom. The molecule has 3 rings (SSSR count). The number of carbonyl (C=O) groups excluding carboxylic acids is 1. The zero-order chi connectivity index (χ0) is 21.9. The van der Waals surface area contributed by atoms with Gasteiger partial charge < -0.3 is 24.4 Å². The first-order valence-corrected chi connectivity index (χ1v) is 9.30. The summed E-state index contributed by atoms with van der Waals surface area (Å²) in [5, 5.41) is 3.02. The molecule has 2 aromatic carbocycles. The number of likely N-dealkylation sites (N-methyl/N-ethyl adjacent to an activating group) is 1. The number of benzene rings is 2. The molecule has 162 valence electrons. The summed E-state index contributed by atoms with van der Waals surface area (Å²) in [5.74, 6) is 0.784. The molecule has 1 saturated heterocycles. The standard InChI is InChI=1S/C21H23F3N2O4/c1-25-15-11-16(19-17(28-2)5-4-6-18(19)29-3)26(20(15)27)12-13-7-9-14(10-8-13)30-21(22,23)24/h4-10,15-16,25H,11-12H2,1-3H3/t15-,16-/m0/s1. The average Bonchev–Trinajstić information content (AvgIpc) is 3.02. The smallest absolute Gasteiger partial charge is 0.496 e. The van der Waals surface area contributed by atoms with Gasteiger partial charge in [0.05, 0.1) is 31.9 Å². The van der Waals surface area contributed by atoms with Crippen molar-refractivity contribution in [3.8, 4) is 17.2 Å². The highest BCUT2D eigenvalue weighted by molar-refractivity contribution is 5.85. The molecule has 0 aliphatic carbocycles. The van der Waals surface area contributed by atoms with E-state index in [4.69, 9.17) is 9.47 Å². The molecular formula is C21H23F3N2O4. The Balaban J connectivity index is 1.91. The van der Waals surface area contributed by atoms with E-state index in [9.17, 15) is 18.0 Å². The van der Waals surface area contributed by atoms with Gasteiger partial charge in [0.2, 0.25) is 5.91 Å². The van der Waals surface area contributed by atoms with Gasteiger partial charge in [-0.15, -0.1) is 13.2 Å². The molecule has 1 amide bonds. The summed E-state index contributed by atoms with van der Waals surface area (Å²) in [6, 6.07) is 10.2. The van der Waals surface area contributed by atoms with Crippen LogP contribution in [0.25, 0.3) is 0 Å². The number of hydrogen-bond donors (Lipinski definition) is 1. The predicted molar refractivity (Wildman–Crippen MR) is 103 cm³/mol. The van der Waals surface area contributed by atoms with Crippen LogP contribution in [-0.2, 0) is 11.3 Å². The maximum Gasteiger partial charge on any atom is 0.573 e.